The molecule has 0 spiro atoms. The second-order valence-corrected chi connectivity index (χ2v) is 10.4. The van der Waals surface area contributed by atoms with Crippen LogP contribution in [0.3, 0.4) is 0 Å². The molecule has 0 bridgehead atoms. The van der Waals surface area contributed by atoms with Crippen molar-refractivity contribution in [3.8, 4) is 0 Å². The van der Waals surface area contributed by atoms with E-state index < -0.39 is 5.82 Å². The summed E-state index contributed by atoms with van der Waals surface area (Å²) in [5.74, 6) is 0.305. The lowest BCUT2D eigenvalue weighted by molar-refractivity contribution is -0.134. The molecular weight excluding hydrogens is 441 g/mol. The fourth-order valence-corrected chi connectivity index (χ4v) is 5.34. The van der Waals surface area contributed by atoms with Gasteiger partial charge in [0, 0.05) is 37.0 Å². The summed E-state index contributed by atoms with van der Waals surface area (Å²) >= 11 is 1.43. The van der Waals surface area contributed by atoms with E-state index in [9.17, 15) is 14.0 Å². The van der Waals surface area contributed by atoms with Crippen molar-refractivity contribution < 1.29 is 14.0 Å². The Morgan fingerprint density at radius 1 is 1.30 bits per heavy atom. The summed E-state index contributed by atoms with van der Waals surface area (Å²) in [5, 5.41) is 5.05. The van der Waals surface area contributed by atoms with Crippen LogP contribution in [0.1, 0.15) is 61.6 Å². The van der Waals surface area contributed by atoms with Crippen molar-refractivity contribution in [1.29, 1.82) is 0 Å². The van der Waals surface area contributed by atoms with Crippen LogP contribution in [-0.2, 0) is 4.79 Å². The first-order valence-corrected chi connectivity index (χ1v) is 12.2. The molecule has 4 heterocycles. The first kappa shape index (κ1) is 21.9. The van der Waals surface area contributed by atoms with Gasteiger partial charge in [-0.05, 0) is 42.8 Å². The number of fused-ring (bicyclic) bond motifs is 1. The fraction of sp³-hybridized carbons (Fsp3) is 0.458. The van der Waals surface area contributed by atoms with Crippen molar-refractivity contribution in [2.24, 2.45) is 11.3 Å². The molecule has 0 aromatic carbocycles. The van der Waals surface area contributed by atoms with Gasteiger partial charge in [-0.2, -0.15) is 0 Å². The number of halogens is 1. The molecule has 7 nitrogen and oxygen atoms in total. The lowest BCUT2D eigenvalue weighted by atomic mass is 9.65. The highest BCUT2D eigenvalue weighted by Gasteiger charge is 2.42. The van der Waals surface area contributed by atoms with E-state index in [1.807, 2.05) is 18.4 Å². The summed E-state index contributed by atoms with van der Waals surface area (Å²) < 4.78 is 14.3. The van der Waals surface area contributed by atoms with Gasteiger partial charge in [-0.15, -0.1) is 11.3 Å². The Hall–Kier alpha value is -2.94. The molecule has 0 unspecified atom stereocenters. The third-order valence-electron chi connectivity index (χ3n) is 6.93. The van der Waals surface area contributed by atoms with Crippen molar-refractivity contribution in [2.45, 2.75) is 45.6 Å². The van der Waals surface area contributed by atoms with E-state index in [1.165, 1.54) is 17.4 Å². The topological polar surface area (TPSA) is 88.1 Å². The van der Waals surface area contributed by atoms with Gasteiger partial charge in [0.1, 0.15) is 11.6 Å². The summed E-state index contributed by atoms with van der Waals surface area (Å²) in [6, 6.07) is 2.97. The predicted octanol–water partition coefficient (Wildman–Crippen LogP) is 4.62. The summed E-state index contributed by atoms with van der Waals surface area (Å²) in [6.07, 6.45) is 6.39. The van der Waals surface area contributed by atoms with E-state index in [0.29, 0.717) is 48.0 Å². The van der Waals surface area contributed by atoms with E-state index in [2.05, 4.69) is 27.2 Å². The van der Waals surface area contributed by atoms with Crippen LogP contribution in [0.2, 0.25) is 0 Å². The molecule has 1 saturated carbocycles. The Morgan fingerprint density at radius 2 is 2.09 bits per heavy atom. The van der Waals surface area contributed by atoms with Crippen molar-refractivity contribution >= 4 is 39.2 Å². The maximum atomic E-state index is 13.5. The fourth-order valence-electron chi connectivity index (χ4n) is 4.52. The average molecular weight is 468 g/mol. The highest BCUT2D eigenvalue weighted by Crippen LogP contribution is 2.43. The zero-order chi connectivity index (χ0) is 23.2. The summed E-state index contributed by atoms with van der Waals surface area (Å²) in [7, 11) is 0. The minimum atomic E-state index is -0.414. The van der Waals surface area contributed by atoms with Gasteiger partial charge in [0.2, 0.25) is 5.95 Å². The van der Waals surface area contributed by atoms with Crippen LogP contribution in [-0.4, -0.2) is 44.6 Å². The quantitative estimate of drug-likeness (QED) is 0.546. The monoisotopic (exact) mass is 467 g/mol. The minimum Gasteiger partial charge on any atom is -0.348 e. The van der Waals surface area contributed by atoms with Gasteiger partial charge in [0.15, 0.2) is 5.69 Å². The SMILES string of the molecule is C[C@H](Nc1nc(C(=O)N2CC(CC(=O)C3(C)CCC3)C2)c2sccc2n1)c1cncc(F)c1. The number of rotatable bonds is 7. The van der Waals surface area contributed by atoms with Crippen LogP contribution >= 0.6 is 11.3 Å². The normalized spacial score (nSPS) is 18.5. The smallest absolute Gasteiger partial charge is 0.274 e. The van der Waals surface area contributed by atoms with E-state index in [0.717, 1.165) is 30.2 Å². The Labute approximate surface area is 195 Å². The molecule has 3 aromatic rings. The van der Waals surface area contributed by atoms with E-state index in [1.54, 1.807) is 11.1 Å². The molecule has 0 radical (unpaired) electrons. The molecule has 5 rings (SSSR count). The van der Waals surface area contributed by atoms with Crippen LogP contribution in [0, 0.1) is 17.2 Å². The Kier molecular flexibility index (Phi) is 5.60. The Morgan fingerprint density at radius 3 is 2.79 bits per heavy atom. The van der Waals surface area contributed by atoms with Crippen LogP contribution in [0.25, 0.3) is 10.2 Å². The molecule has 2 fully saturated rings. The number of ketones is 1. The molecular formula is C24H26FN5O2S. The van der Waals surface area contributed by atoms with Crippen LogP contribution < -0.4 is 5.32 Å². The van der Waals surface area contributed by atoms with Crippen molar-refractivity contribution in [3.05, 3.63) is 47.0 Å². The second-order valence-electron chi connectivity index (χ2n) is 9.45. The maximum Gasteiger partial charge on any atom is 0.274 e. The van der Waals surface area contributed by atoms with E-state index in [4.69, 9.17) is 0 Å². The van der Waals surface area contributed by atoms with Crippen LogP contribution in [0.4, 0.5) is 10.3 Å². The number of amides is 1. The average Bonchev–Trinajstić information content (AvgIpc) is 3.21. The largest absolute Gasteiger partial charge is 0.348 e. The van der Waals surface area contributed by atoms with Crippen LogP contribution in [0.15, 0.2) is 29.9 Å². The predicted molar refractivity (Wildman–Crippen MR) is 125 cm³/mol. The molecule has 1 aliphatic heterocycles. The maximum absolute atomic E-state index is 13.5. The first-order chi connectivity index (χ1) is 15.8. The Bertz CT molecular complexity index is 1220. The van der Waals surface area contributed by atoms with E-state index >= 15 is 0 Å². The van der Waals surface area contributed by atoms with Gasteiger partial charge >= 0.3 is 0 Å². The number of hydrogen-bond acceptors (Lipinski definition) is 7. The van der Waals surface area contributed by atoms with Crippen molar-refractivity contribution in [1.82, 2.24) is 19.9 Å². The van der Waals surface area contributed by atoms with Gasteiger partial charge in [-0.1, -0.05) is 13.3 Å². The number of nitrogens with zero attached hydrogens (tertiary/aromatic N) is 4. The number of nitrogens with one attached hydrogen (secondary N) is 1. The number of likely N-dealkylation sites (tertiary alicyclic amines) is 1. The van der Waals surface area contributed by atoms with Crippen LogP contribution in [0.5, 0.6) is 0 Å². The third-order valence-corrected chi connectivity index (χ3v) is 7.84. The highest BCUT2D eigenvalue weighted by atomic mass is 32.1. The lowest BCUT2D eigenvalue weighted by Gasteiger charge is -2.42. The standard InChI is InChI=1S/C24H26FN5O2S/c1-14(16-9-17(25)11-26-10-16)27-23-28-18-4-7-33-21(18)20(29-23)22(32)30-12-15(13-30)8-19(31)24(2)5-3-6-24/h4,7,9-11,14-15H,3,5-6,8,12-13H2,1-2H3,(H,27,28,29)/t14-/m0/s1. The number of pyridine rings is 1. The van der Waals surface area contributed by atoms with Gasteiger partial charge in [-0.25, -0.2) is 14.4 Å². The van der Waals surface area contributed by atoms with Gasteiger partial charge in [-0.3, -0.25) is 14.6 Å². The number of hydrogen-bond donors (Lipinski definition) is 1. The minimum absolute atomic E-state index is 0.144. The molecule has 9 heteroatoms. The second kappa shape index (κ2) is 8.44. The number of carbonyl (C=O) groups excluding carboxylic acids is 2. The molecule has 1 aliphatic carbocycles. The van der Waals surface area contributed by atoms with Gasteiger partial charge in [0.05, 0.1) is 22.5 Å². The summed E-state index contributed by atoms with van der Waals surface area (Å²) in [6.45, 7) is 5.07. The van der Waals surface area contributed by atoms with Gasteiger partial charge < -0.3 is 10.2 Å². The molecule has 1 N–H and O–H groups in total. The molecule has 1 amide bonds. The number of aromatic nitrogens is 3. The van der Waals surface area contributed by atoms with Gasteiger partial charge in [0.25, 0.3) is 5.91 Å². The summed E-state index contributed by atoms with van der Waals surface area (Å²) in [4.78, 5) is 40.5. The molecule has 33 heavy (non-hydrogen) atoms. The Balaban J connectivity index is 1.29. The molecule has 1 atom stereocenters. The zero-order valence-corrected chi connectivity index (χ0v) is 19.5. The van der Waals surface area contributed by atoms with Crippen molar-refractivity contribution in [3.63, 3.8) is 0 Å². The number of Topliss-reactive ketones (excluding diaryl/α,β-unsaturated/α-hetero) is 1. The van der Waals surface area contributed by atoms with E-state index in [-0.39, 0.29) is 23.3 Å². The summed E-state index contributed by atoms with van der Waals surface area (Å²) in [5.41, 5.74) is 1.56. The van der Waals surface area contributed by atoms with Crippen molar-refractivity contribution in [2.75, 3.05) is 18.4 Å². The third kappa shape index (κ3) is 4.21. The molecule has 2 aliphatic rings. The number of carbonyl (C=O) groups is 2. The number of thiophene rings is 1. The number of anilines is 1. The highest BCUT2D eigenvalue weighted by molar-refractivity contribution is 7.17. The first-order valence-electron chi connectivity index (χ1n) is 11.3. The molecule has 3 aromatic heterocycles. The lowest BCUT2D eigenvalue weighted by Crippen LogP contribution is -2.52. The molecule has 172 valence electrons. The molecule has 1 saturated heterocycles. The zero-order valence-electron chi connectivity index (χ0n) is 18.7.